The highest BCUT2D eigenvalue weighted by Gasteiger charge is 2.51. The molecular weight excluding hydrogens is 474 g/mol. The molecule has 2 heterocycles. The molecule has 0 aliphatic carbocycles. The number of amides is 3. The standard InChI is InChI=1S/C20H12ClF4N3O3S/c21-19(7-15(26)29)12-6-10(22)2-3-11(12)17(30)28(18(19)31)8-16-27-13-5-9(20(23,24)25)1-4-14(13)32-16/h1-6H,7-8H2,(H2,26,29). The summed E-state index contributed by atoms with van der Waals surface area (Å²) in [6.07, 6.45) is -5.24. The maximum Gasteiger partial charge on any atom is 0.416 e. The number of benzene rings is 2. The zero-order chi connectivity index (χ0) is 23.4. The number of aromatic nitrogens is 1. The van der Waals surface area contributed by atoms with Gasteiger partial charge >= 0.3 is 6.18 Å². The topological polar surface area (TPSA) is 93.4 Å². The Morgan fingerprint density at radius 3 is 2.56 bits per heavy atom. The van der Waals surface area contributed by atoms with Crippen molar-refractivity contribution in [2.24, 2.45) is 5.73 Å². The number of hydrogen-bond acceptors (Lipinski definition) is 5. The number of alkyl halides is 4. The number of fused-ring (bicyclic) bond motifs is 2. The SMILES string of the molecule is NC(=O)CC1(Cl)C(=O)N(Cc2nc3cc(C(F)(F)F)ccc3s2)C(=O)c2ccc(F)cc21. The molecule has 2 aromatic carbocycles. The van der Waals surface area contributed by atoms with Crippen LogP contribution in [0.3, 0.4) is 0 Å². The number of rotatable bonds is 4. The molecule has 0 spiro atoms. The van der Waals surface area contributed by atoms with Gasteiger partial charge in [0, 0.05) is 5.56 Å². The van der Waals surface area contributed by atoms with Crippen molar-refractivity contribution in [3.8, 4) is 0 Å². The summed E-state index contributed by atoms with van der Waals surface area (Å²) in [7, 11) is 0. The minimum absolute atomic E-state index is 0.0495. The van der Waals surface area contributed by atoms with Crippen LogP contribution in [0.1, 0.15) is 32.9 Å². The van der Waals surface area contributed by atoms with Crippen LogP contribution >= 0.6 is 22.9 Å². The maximum absolute atomic E-state index is 13.8. The maximum atomic E-state index is 13.8. The van der Waals surface area contributed by atoms with E-state index in [-0.39, 0.29) is 21.7 Å². The highest BCUT2D eigenvalue weighted by Crippen LogP contribution is 2.42. The Hall–Kier alpha value is -3.05. The number of carbonyl (C=O) groups is 3. The predicted octanol–water partition coefficient (Wildman–Crippen LogP) is 3.95. The number of halogens is 5. The summed E-state index contributed by atoms with van der Waals surface area (Å²) in [4.78, 5) is 40.4. The van der Waals surface area contributed by atoms with E-state index in [1.165, 1.54) is 6.07 Å². The molecule has 6 nitrogen and oxygen atoms in total. The number of thiazole rings is 1. The van der Waals surface area contributed by atoms with Gasteiger partial charge in [-0.2, -0.15) is 13.2 Å². The lowest BCUT2D eigenvalue weighted by Gasteiger charge is -2.37. The number of imide groups is 1. The lowest BCUT2D eigenvalue weighted by atomic mass is 9.85. The van der Waals surface area contributed by atoms with Gasteiger partial charge in [-0.05, 0) is 42.0 Å². The van der Waals surface area contributed by atoms with Crippen molar-refractivity contribution in [3.05, 3.63) is 63.9 Å². The Kier molecular flexibility index (Phi) is 5.21. The van der Waals surface area contributed by atoms with Gasteiger partial charge in [0.25, 0.3) is 11.8 Å². The van der Waals surface area contributed by atoms with Gasteiger partial charge in [-0.3, -0.25) is 19.3 Å². The van der Waals surface area contributed by atoms with Gasteiger partial charge in [-0.15, -0.1) is 22.9 Å². The van der Waals surface area contributed by atoms with Gasteiger partial charge in [-0.25, -0.2) is 9.37 Å². The molecule has 12 heteroatoms. The number of carbonyl (C=O) groups excluding carboxylic acids is 3. The molecule has 4 rings (SSSR count). The van der Waals surface area contributed by atoms with Crippen LogP contribution in [-0.4, -0.2) is 27.6 Å². The van der Waals surface area contributed by atoms with Crippen LogP contribution in [0.5, 0.6) is 0 Å². The van der Waals surface area contributed by atoms with Crippen LogP contribution in [-0.2, 0) is 27.2 Å². The zero-order valence-electron chi connectivity index (χ0n) is 15.9. The van der Waals surface area contributed by atoms with Crippen molar-refractivity contribution in [3.63, 3.8) is 0 Å². The summed E-state index contributed by atoms with van der Waals surface area (Å²) in [5.74, 6) is -3.52. The lowest BCUT2D eigenvalue weighted by Crippen LogP contribution is -2.52. The van der Waals surface area contributed by atoms with Gasteiger partial charge < -0.3 is 5.73 Å². The van der Waals surface area contributed by atoms with E-state index in [4.69, 9.17) is 17.3 Å². The molecule has 0 fully saturated rings. The average molecular weight is 486 g/mol. The molecule has 3 amide bonds. The zero-order valence-corrected chi connectivity index (χ0v) is 17.4. The second kappa shape index (κ2) is 7.52. The minimum atomic E-state index is -4.55. The molecule has 0 bridgehead atoms. The van der Waals surface area contributed by atoms with Crippen molar-refractivity contribution in [1.82, 2.24) is 9.88 Å². The van der Waals surface area contributed by atoms with Crippen molar-refractivity contribution in [2.75, 3.05) is 0 Å². The molecular formula is C20H12ClF4N3O3S. The van der Waals surface area contributed by atoms with E-state index in [1.54, 1.807) is 0 Å². The first kappa shape index (κ1) is 22.2. The van der Waals surface area contributed by atoms with Gasteiger partial charge in [0.2, 0.25) is 5.91 Å². The Labute approximate surface area is 186 Å². The third-order valence-electron chi connectivity index (χ3n) is 4.94. The normalized spacial score (nSPS) is 18.8. The van der Waals surface area contributed by atoms with E-state index < -0.39 is 53.1 Å². The highest BCUT2D eigenvalue weighted by molar-refractivity contribution is 7.18. The summed E-state index contributed by atoms with van der Waals surface area (Å²) >= 11 is 7.44. The van der Waals surface area contributed by atoms with Gasteiger partial charge in [0.1, 0.15) is 10.8 Å². The first-order valence-corrected chi connectivity index (χ1v) is 10.2. The molecule has 1 aliphatic rings. The minimum Gasteiger partial charge on any atom is -0.370 e. The summed E-state index contributed by atoms with van der Waals surface area (Å²) < 4.78 is 53.1. The Morgan fingerprint density at radius 1 is 1.19 bits per heavy atom. The number of primary amides is 1. The molecule has 1 aliphatic heterocycles. The fourth-order valence-corrected chi connectivity index (χ4v) is 4.83. The molecule has 166 valence electrons. The third kappa shape index (κ3) is 3.71. The second-order valence-corrected chi connectivity index (χ2v) is 8.88. The van der Waals surface area contributed by atoms with Gasteiger partial charge in [-0.1, -0.05) is 0 Å². The Bertz CT molecular complexity index is 1290. The van der Waals surface area contributed by atoms with Crippen molar-refractivity contribution in [1.29, 1.82) is 0 Å². The van der Waals surface area contributed by atoms with Gasteiger partial charge in [0.05, 0.1) is 28.7 Å². The van der Waals surface area contributed by atoms with E-state index in [0.717, 1.165) is 46.6 Å². The number of hydrogen-bond donors (Lipinski definition) is 1. The van der Waals surface area contributed by atoms with E-state index in [2.05, 4.69) is 4.98 Å². The van der Waals surface area contributed by atoms with Crippen LogP contribution in [0.15, 0.2) is 36.4 Å². The highest BCUT2D eigenvalue weighted by atomic mass is 35.5. The van der Waals surface area contributed by atoms with E-state index in [0.29, 0.717) is 4.70 Å². The molecule has 1 atom stereocenters. The van der Waals surface area contributed by atoms with E-state index >= 15 is 0 Å². The van der Waals surface area contributed by atoms with Gasteiger partial charge in [0.15, 0.2) is 4.87 Å². The van der Waals surface area contributed by atoms with E-state index in [1.807, 2.05) is 0 Å². The van der Waals surface area contributed by atoms with Crippen LogP contribution in [0, 0.1) is 5.82 Å². The van der Waals surface area contributed by atoms with E-state index in [9.17, 15) is 31.9 Å². The molecule has 1 aromatic heterocycles. The fraction of sp³-hybridized carbons (Fsp3) is 0.200. The lowest BCUT2D eigenvalue weighted by molar-refractivity contribution is -0.137. The molecule has 2 N–H and O–H groups in total. The van der Waals surface area contributed by atoms with Crippen molar-refractivity contribution in [2.45, 2.75) is 24.0 Å². The summed E-state index contributed by atoms with van der Waals surface area (Å²) in [5, 5.41) is 0.171. The summed E-state index contributed by atoms with van der Waals surface area (Å²) in [6, 6.07) is 6.06. The third-order valence-corrected chi connectivity index (χ3v) is 6.46. The molecule has 0 saturated heterocycles. The first-order valence-electron chi connectivity index (χ1n) is 9.00. The summed E-state index contributed by atoms with van der Waals surface area (Å²) in [5.41, 5.74) is 4.12. The number of nitrogens with zero attached hydrogens (tertiary/aromatic N) is 2. The molecule has 1 unspecified atom stereocenters. The smallest absolute Gasteiger partial charge is 0.370 e. The van der Waals surface area contributed by atoms with Crippen LogP contribution in [0.4, 0.5) is 17.6 Å². The second-order valence-electron chi connectivity index (χ2n) is 7.12. The molecule has 3 aromatic rings. The largest absolute Gasteiger partial charge is 0.416 e. The Balaban J connectivity index is 1.75. The van der Waals surface area contributed by atoms with Crippen LogP contribution in [0.25, 0.3) is 10.2 Å². The summed E-state index contributed by atoms with van der Waals surface area (Å²) in [6.45, 7) is -0.400. The van der Waals surface area contributed by atoms with Crippen molar-refractivity contribution >= 4 is 50.9 Å². The fourth-order valence-electron chi connectivity index (χ4n) is 3.51. The quantitative estimate of drug-likeness (QED) is 0.344. The predicted molar refractivity (Wildman–Crippen MR) is 107 cm³/mol. The Morgan fingerprint density at radius 2 is 1.91 bits per heavy atom. The molecule has 0 radical (unpaired) electrons. The first-order chi connectivity index (χ1) is 14.9. The monoisotopic (exact) mass is 485 g/mol. The molecule has 0 saturated carbocycles. The number of nitrogens with two attached hydrogens (primary N) is 1. The van der Waals surface area contributed by atoms with Crippen LogP contribution < -0.4 is 5.73 Å². The average Bonchev–Trinajstić information content (AvgIpc) is 3.10. The van der Waals surface area contributed by atoms with Crippen LogP contribution in [0.2, 0.25) is 0 Å². The van der Waals surface area contributed by atoms with Crippen molar-refractivity contribution < 1.29 is 31.9 Å². The molecule has 32 heavy (non-hydrogen) atoms.